The van der Waals surface area contributed by atoms with Gasteiger partial charge in [-0.1, -0.05) is 12.2 Å². The molecule has 0 bridgehead atoms. The molecule has 0 aliphatic rings. The fourth-order valence-corrected chi connectivity index (χ4v) is 1.60. The third kappa shape index (κ3) is 4.38. The molecule has 5 nitrogen and oxygen atoms in total. The van der Waals surface area contributed by atoms with Gasteiger partial charge in [-0.05, 0) is 32.0 Å². The zero-order chi connectivity index (χ0) is 15.1. The van der Waals surface area contributed by atoms with Gasteiger partial charge >= 0.3 is 0 Å². The van der Waals surface area contributed by atoms with Crippen LogP contribution in [-0.2, 0) is 4.79 Å². The fourth-order valence-electron chi connectivity index (χ4n) is 1.47. The summed E-state index contributed by atoms with van der Waals surface area (Å²) in [6, 6.07) is 5.17. The second-order valence-corrected chi connectivity index (χ2v) is 4.60. The second-order valence-electron chi connectivity index (χ2n) is 4.16. The number of likely N-dealkylation sites (N-methyl/N-ethyl adjacent to an activating group) is 1. The molecule has 0 fully saturated rings. The molecule has 2 N–H and O–H groups in total. The van der Waals surface area contributed by atoms with Crippen LogP contribution in [0.3, 0.4) is 0 Å². The molecule has 6 heteroatoms. The van der Waals surface area contributed by atoms with Crippen LogP contribution in [0.15, 0.2) is 18.2 Å². The Kier molecular flexibility index (Phi) is 6.24. The van der Waals surface area contributed by atoms with E-state index in [0.717, 1.165) is 0 Å². The van der Waals surface area contributed by atoms with Gasteiger partial charge in [0.2, 0.25) is 0 Å². The third-order valence-electron chi connectivity index (χ3n) is 2.78. The lowest BCUT2D eigenvalue weighted by Gasteiger charge is -2.16. The highest BCUT2D eigenvalue weighted by molar-refractivity contribution is 7.80. The Bertz CT molecular complexity index is 491. The SMILES string of the molecule is CCOc1cc(C(N)=S)ccc1OCC(=O)N(C)CC. The van der Waals surface area contributed by atoms with Crippen molar-refractivity contribution >= 4 is 23.1 Å². The minimum absolute atomic E-state index is 0.0309. The molecule has 0 atom stereocenters. The summed E-state index contributed by atoms with van der Waals surface area (Å²) < 4.78 is 11.0. The molecule has 0 saturated carbocycles. The lowest BCUT2D eigenvalue weighted by Crippen LogP contribution is -2.31. The molecular weight excluding hydrogens is 276 g/mol. The lowest BCUT2D eigenvalue weighted by atomic mass is 10.2. The number of ether oxygens (including phenoxy) is 2. The average Bonchev–Trinajstić information content (AvgIpc) is 2.44. The monoisotopic (exact) mass is 296 g/mol. The van der Waals surface area contributed by atoms with Gasteiger partial charge in [0.05, 0.1) is 6.61 Å². The predicted octanol–water partition coefficient (Wildman–Crippen LogP) is 1.58. The van der Waals surface area contributed by atoms with Crippen LogP contribution >= 0.6 is 12.2 Å². The first-order chi connectivity index (χ1) is 9.49. The Balaban J connectivity index is 2.83. The van der Waals surface area contributed by atoms with Crippen LogP contribution in [0.1, 0.15) is 19.4 Å². The third-order valence-corrected chi connectivity index (χ3v) is 3.02. The van der Waals surface area contributed by atoms with E-state index in [0.29, 0.717) is 35.2 Å². The molecule has 0 aliphatic carbocycles. The maximum absolute atomic E-state index is 11.7. The molecule has 0 aliphatic heterocycles. The van der Waals surface area contributed by atoms with Crippen molar-refractivity contribution in [1.29, 1.82) is 0 Å². The number of amides is 1. The maximum Gasteiger partial charge on any atom is 0.260 e. The van der Waals surface area contributed by atoms with Crippen LogP contribution in [0, 0.1) is 0 Å². The molecular formula is C14H20N2O3S. The van der Waals surface area contributed by atoms with Crippen molar-refractivity contribution < 1.29 is 14.3 Å². The van der Waals surface area contributed by atoms with E-state index in [1.54, 1.807) is 30.1 Å². The first kappa shape index (κ1) is 16.2. The van der Waals surface area contributed by atoms with Gasteiger partial charge in [-0.25, -0.2) is 0 Å². The summed E-state index contributed by atoms with van der Waals surface area (Å²) in [5, 5.41) is 0. The van der Waals surface area contributed by atoms with E-state index in [2.05, 4.69) is 0 Å². The Morgan fingerprint density at radius 1 is 1.30 bits per heavy atom. The number of hydrogen-bond donors (Lipinski definition) is 1. The van der Waals surface area contributed by atoms with E-state index in [9.17, 15) is 4.79 Å². The van der Waals surface area contributed by atoms with Gasteiger partial charge < -0.3 is 20.1 Å². The molecule has 0 saturated heterocycles. The number of nitrogens with two attached hydrogens (primary N) is 1. The van der Waals surface area contributed by atoms with Crippen molar-refractivity contribution in [2.24, 2.45) is 5.73 Å². The number of nitrogens with zero attached hydrogens (tertiary/aromatic N) is 1. The lowest BCUT2D eigenvalue weighted by molar-refractivity contribution is -0.131. The summed E-state index contributed by atoms with van der Waals surface area (Å²) in [4.78, 5) is 13.6. The molecule has 0 radical (unpaired) electrons. The van der Waals surface area contributed by atoms with E-state index in [4.69, 9.17) is 27.4 Å². The van der Waals surface area contributed by atoms with E-state index >= 15 is 0 Å². The smallest absolute Gasteiger partial charge is 0.260 e. The van der Waals surface area contributed by atoms with Crippen LogP contribution in [-0.4, -0.2) is 42.6 Å². The van der Waals surface area contributed by atoms with Crippen LogP contribution in [0.25, 0.3) is 0 Å². The van der Waals surface area contributed by atoms with Crippen molar-refractivity contribution in [3.63, 3.8) is 0 Å². The fraction of sp³-hybridized carbons (Fsp3) is 0.429. The summed E-state index contributed by atoms with van der Waals surface area (Å²) in [5.41, 5.74) is 6.28. The predicted molar refractivity (Wildman–Crippen MR) is 82.3 cm³/mol. The van der Waals surface area contributed by atoms with Crippen molar-refractivity contribution in [3.8, 4) is 11.5 Å². The highest BCUT2D eigenvalue weighted by atomic mass is 32.1. The van der Waals surface area contributed by atoms with Gasteiger partial charge in [0.15, 0.2) is 18.1 Å². The Morgan fingerprint density at radius 3 is 2.55 bits per heavy atom. The topological polar surface area (TPSA) is 64.8 Å². The maximum atomic E-state index is 11.7. The van der Waals surface area contributed by atoms with Crippen molar-refractivity contribution in [2.45, 2.75) is 13.8 Å². The van der Waals surface area contributed by atoms with E-state index in [1.165, 1.54) is 0 Å². The van der Waals surface area contributed by atoms with E-state index in [1.807, 2.05) is 13.8 Å². The highest BCUT2D eigenvalue weighted by Crippen LogP contribution is 2.28. The summed E-state index contributed by atoms with van der Waals surface area (Å²) >= 11 is 4.93. The molecule has 1 aromatic carbocycles. The van der Waals surface area contributed by atoms with Gasteiger partial charge in [-0.15, -0.1) is 0 Å². The molecule has 20 heavy (non-hydrogen) atoms. The van der Waals surface area contributed by atoms with Crippen LogP contribution < -0.4 is 15.2 Å². The molecule has 110 valence electrons. The normalized spacial score (nSPS) is 9.95. The minimum atomic E-state index is -0.0895. The van der Waals surface area contributed by atoms with E-state index in [-0.39, 0.29) is 12.5 Å². The summed E-state index contributed by atoms with van der Waals surface area (Å²) in [5.74, 6) is 0.947. The first-order valence-electron chi connectivity index (χ1n) is 6.43. The Labute approximate surface area is 124 Å². The molecule has 1 amide bonds. The van der Waals surface area contributed by atoms with Crippen LogP contribution in [0.2, 0.25) is 0 Å². The number of rotatable bonds is 7. The zero-order valence-electron chi connectivity index (χ0n) is 12.0. The van der Waals surface area contributed by atoms with Crippen molar-refractivity contribution in [2.75, 3.05) is 26.8 Å². The summed E-state index contributed by atoms with van der Waals surface area (Å²) in [6.07, 6.45) is 0. The van der Waals surface area contributed by atoms with Gasteiger partial charge in [-0.3, -0.25) is 4.79 Å². The van der Waals surface area contributed by atoms with Crippen LogP contribution in [0.5, 0.6) is 11.5 Å². The van der Waals surface area contributed by atoms with Crippen molar-refractivity contribution in [1.82, 2.24) is 4.90 Å². The number of carbonyl (C=O) groups is 1. The molecule has 1 rings (SSSR count). The molecule has 0 spiro atoms. The number of thiocarbonyl (C=S) groups is 1. The minimum Gasteiger partial charge on any atom is -0.490 e. The van der Waals surface area contributed by atoms with Gasteiger partial charge in [0, 0.05) is 19.2 Å². The molecule has 0 unspecified atom stereocenters. The number of hydrogen-bond acceptors (Lipinski definition) is 4. The zero-order valence-corrected chi connectivity index (χ0v) is 12.8. The van der Waals surface area contributed by atoms with E-state index < -0.39 is 0 Å². The van der Waals surface area contributed by atoms with Crippen LogP contribution in [0.4, 0.5) is 0 Å². The molecule has 1 aromatic rings. The highest BCUT2D eigenvalue weighted by Gasteiger charge is 2.12. The standard InChI is InChI=1S/C14H20N2O3S/c1-4-16(3)13(17)9-19-11-7-6-10(14(15)20)8-12(11)18-5-2/h6-8H,4-5,9H2,1-3H3,(H2,15,20). The number of carbonyl (C=O) groups excluding carboxylic acids is 1. The molecule has 0 heterocycles. The quantitative estimate of drug-likeness (QED) is 0.774. The first-order valence-corrected chi connectivity index (χ1v) is 6.83. The van der Waals surface area contributed by atoms with Gasteiger partial charge in [0.25, 0.3) is 5.91 Å². The summed E-state index contributed by atoms with van der Waals surface area (Å²) in [6.45, 7) is 4.87. The van der Waals surface area contributed by atoms with Gasteiger partial charge in [-0.2, -0.15) is 0 Å². The largest absolute Gasteiger partial charge is 0.490 e. The Morgan fingerprint density at radius 2 is 2.00 bits per heavy atom. The second kappa shape index (κ2) is 7.69. The average molecular weight is 296 g/mol. The number of benzene rings is 1. The van der Waals surface area contributed by atoms with Gasteiger partial charge in [0.1, 0.15) is 4.99 Å². The Hall–Kier alpha value is -1.82. The summed E-state index contributed by atoms with van der Waals surface area (Å²) in [7, 11) is 1.73. The molecule has 0 aromatic heterocycles. The van der Waals surface area contributed by atoms with Crippen molar-refractivity contribution in [3.05, 3.63) is 23.8 Å².